The number of nitrogens with one attached hydrogen (secondary N) is 2. The minimum absolute atomic E-state index is 0.0409. The lowest BCUT2D eigenvalue weighted by Crippen LogP contribution is -2.35. The van der Waals surface area contributed by atoms with Gasteiger partial charge in [0.15, 0.2) is 0 Å². The van der Waals surface area contributed by atoms with Gasteiger partial charge in [-0.25, -0.2) is 9.78 Å². The van der Waals surface area contributed by atoms with Gasteiger partial charge < -0.3 is 14.6 Å². The zero-order chi connectivity index (χ0) is 22.5. The lowest BCUT2D eigenvalue weighted by molar-refractivity contribution is -0.384. The van der Waals surface area contributed by atoms with Crippen molar-refractivity contribution in [3.63, 3.8) is 0 Å². The largest absolute Gasteiger partial charge is 0.466 e. The topological polar surface area (TPSA) is 115 Å². The number of rotatable bonds is 9. The molecule has 2 N–H and O–H groups in total. The molecule has 1 atom stereocenters. The number of ether oxygens (including phenoxy) is 1. The molecule has 1 aromatic heterocycles. The fourth-order valence-electron chi connectivity index (χ4n) is 3.76. The van der Waals surface area contributed by atoms with Gasteiger partial charge >= 0.3 is 5.97 Å². The van der Waals surface area contributed by atoms with Crippen molar-refractivity contribution in [1.29, 1.82) is 0 Å². The number of hydrogen-bond acceptors (Lipinski definition) is 8. The number of nitrogens with zero attached hydrogens (tertiary/aromatic N) is 4. The van der Waals surface area contributed by atoms with Crippen LogP contribution in [0.2, 0.25) is 0 Å². The van der Waals surface area contributed by atoms with Gasteiger partial charge in [-0.3, -0.25) is 20.3 Å². The number of imidazole rings is 1. The van der Waals surface area contributed by atoms with E-state index in [9.17, 15) is 14.9 Å². The number of aromatic nitrogens is 2. The molecule has 0 amide bonds. The molecule has 1 aliphatic heterocycles. The number of non-ortho nitro benzene ring substituents is 1. The van der Waals surface area contributed by atoms with Crippen molar-refractivity contribution in [3.05, 3.63) is 63.1 Å². The molecule has 1 unspecified atom stereocenters. The summed E-state index contributed by atoms with van der Waals surface area (Å²) in [4.78, 5) is 30.3. The first-order valence-electron chi connectivity index (χ1n) is 10.2. The van der Waals surface area contributed by atoms with E-state index in [2.05, 4.69) is 34.4 Å². The molecule has 2 aromatic rings. The van der Waals surface area contributed by atoms with Gasteiger partial charge in [-0.2, -0.15) is 0 Å². The second-order valence-electron chi connectivity index (χ2n) is 7.24. The fraction of sp³-hybridized carbons (Fsp3) is 0.429. The summed E-state index contributed by atoms with van der Waals surface area (Å²) in [5.74, 6) is 0.0733. The number of benzene rings is 1. The lowest BCUT2D eigenvalue weighted by atomic mass is 9.94. The van der Waals surface area contributed by atoms with E-state index >= 15 is 0 Å². The third-order valence-electron chi connectivity index (χ3n) is 5.45. The Hall–Kier alpha value is -3.24. The Morgan fingerprint density at radius 3 is 2.77 bits per heavy atom. The monoisotopic (exact) mass is 428 g/mol. The third-order valence-corrected chi connectivity index (χ3v) is 5.45. The highest BCUT2D eigenvalue weighted by Crippen LogP contribution is 2.38. The highest BCUT2D eigenvalue weighted by molar-refractivity contribution is 5.92. The number of carbonyl (C=O) groups is 1. The second kappa shape index (κ2) is 9.71. The summed E-state index contributed by atoms with van der Waals surface area (Å²) in [7, 11) is 1.32. The van der Waals surface area contributed by atoms with Gasteiger partial charge in [-0.05, 0) is 25.6 Å². The number of esters is 1. The first-order valence-corrected chi connectivity index (χ1v) is 10.2. The number of carbonyl (C=O) groups excluding carboxylic acids is 1. The smallest absolute Gasteiger partial charge is 0.337 e. The van der Waals surface area contributed by atoms with Gasteiger partial charge in [0.2, 0.25) is 5.95 Å². The highest BCUT2D eigenvalue weighted by Gasteiger charge is 2.35. The van der Waals surface area contributed by atoms with Crippen molar-refractivity contribution < 1.29 is 14.5 Å². The van der Waals surface area contributed by atoms with E-state index in [-0.39, 0.29) is 5.69 Å². The fourth-order valence-corrected chi connectivity index (χ4v) is 3.76. The maximum Gasteiger partial charge on any atom is 0.337 e. The van der Waals surface area contributed by atoms with Gasteiger partial charge in [0.05, 0.1) is 35.5 Å². The number of methoxy groups -OCH3 is 1. The number of allylic oxidation sites excluding steroid dienone is 1. The molecule has 0 bridgehead atoms. The standard InChI is InChI=1S/C21H28N6O4/c1-5-25(6-2)13-22-11-17-12-23-21-24-14(3)18(20(28)31-4)19(26(17)21)15-8-7-9-16(10-15)27(29)30/h7-10,12,19,22H,5-6,11,13H2,1-4H3,(H,23,24). The second-order valence-corrected chi connectivity index (χ2v) is 7.24. The third kappa shape index (κ3) is 4.59. The molecule has 10 heteroatoms. The summed E-state index contributed by atoms with van der Waals surface area (Å²) >= 11 is 0. The van der Waals surface area contributed by atoms with Crippen LogP contribution in [0, 0.1) is 10.1 Å². The molecular formula is C21H28N6O4. The quantitative estimate of drug-likeness (QED) is 0.271. The van der Waals surface area contributed by atoms with E-state index in [4.69, 9.17) is 4.74 Å². The maximum atomic E-state index is 12.7. The van der Waals surface area contributed by atoms with Crippen LogP contribution in [0.5, 0.6) is 0 Å². The van der Waals surface area contributed by atoms with Crippen molar-refractivity contribution in [3.8, 4) is 0 Å². The number of nitro benzene ring substituents is 1. The molecule has 0 fully saturated rings. The van der Waals surface area contributed by atoms with Crippen molar-refractivity contribution in [2.45, 2.75) is 33.4 Å². The van der Waals surface area contributed by atoms with E-state index in [1.54, 1.807) is 25.3 Å². The van der Waals surface area contributed by atoms with E-state index in [0.717, 1.165) is 18.8 Å². The summed E-state index contributed by atoms with van der Waals surface area (Å²) in [6.45, 7) is 9.06. The van der Waals surface area contributed by atoms with Crippen LogP contribution >= 0.6 is 0 Å². The average molecular weight is 428 g/mol. The summed E-state index contributed by atoms with van der Waals surface area (Å²) in [6.07, 6.45) is 1.75. The Bertz CT molecular complexity index is 996. The molecule has 2 heterocycles. The Balaban J connectivity index is 2.04. The zero-order valence-corrected chi connectivity index (χ0v) is 18.2. The predicted octanol–water partition coefficient (Wildman–Crippen LogP) is 2.64. The zero-order valence-electron chi connectivity index (χ0n) is 18.2. The molecule has 0 saturated heterocycles. The molecule has 3 rings (SSSR count). The van der Waals surface area contributed by atoms with E-state index in [1.165, 1.54) is 19.2 Å². The minimum atomic E-state index is -0.601. The molecule has 1 aromatic carbocycles. The summed E-state index contributed by atoms with van der Waals surface area (Å²) in [5.41, 5.74) is 2.41. The van der Waals surface area contributed by atoms with Crippen LogP contribution in [0.15, 0.2) is 41.7 Å². The molecule has 0 saturated carbocycles. The highest BCUT2D eigenvalue weighted by atomic mass is 16.6. The number of nitro groups is 1. The van der Waals surface area contributed by atoms with Crippen LogP contribution in [0.4, 0.5) is 11.6 Å². The van der Waals surface area contributed by atoms with Crippen LogP contribution in [-0.2, 0) is 16.1 Å². The van der Waals surface area contributed by atoms with Crippen LogP contribution in [0.3, 0.4) is 0 Å². The molecule has 0 aliphatic carbocycles. The Labute approximate surface area is 181 Å². The van der Waals surface area contributed by atoms with Crippen LogP contribution < -0.4 is 10.6 Å². The van der Waals surface area contributed by atoms with Crippen molar-refractivity contribution in [1.82, 2.24) is 19.8 Å². The molecular weight excluding hydrogens is 400 g/mol. The van der Waals surface area contributed by atoms with Gasteiger partial charge in [-0.1, -0.05) is 26.0 Å². The van der Waals surface area contributed by atoms with Gasteiger partial charge in [0.1, 0.15) is 0 Å². The molecule has 31 heavy (non-hydrogen) atoms. The average Bonchev–Trinajstić information content (AvgIpc) is 3.17. The maximum absolute atomic E-state index is 12.7. The van der Waals surface area contributed by atoms with Crippen LogP contribution in [-0.4, -0.2) is 52.2 Å². The minimum Gasteiger partial charge on any atom is -0.466 e. The van der Waals surface area contributed by atoms with Crippen LogP contribution in [0.1, 0.15) is 38.1 Å². The molecule has 166 valence electrons. The lowest BCUT2D eigenvalue weighted by Gasteiger charge is -2.31. The molecule has 0 spiro atoms. The molecule has 1 aliphatic rings. The number of fused-ring (bicyclic) bond motifs is 1. The molecule has 0 radical (unpaired) electrons. The van der Waals surface area contributed by atoms with Gasteiger partial charge in [0, 0.05) is 31.0 Å². The van der Waals surface area contributed by atoms with Crippen LogP contribution in [0.25, 0.3) is 0 Å². The Morgan fingerprint density at radius 1 is 1.39 bits per heavy atom. The molecule has 10 nitrogen and oxygen atoms in total. The SMILES string of the molecule is CCN(CC)CNCc1cnc2n1C(c1cccc([N+](=O)[O-])c1)C(C(=O)OC)=C(C)N2. The number of hydrogen-bond donors (Lipinski definition) is 2. The Kier molecular flexibility index (Phi) is 7.03. The van der Waals surface area contributed by atoms with Crippen molar-refractivity contribution in [2.75, 3.05) is 32.2 Å². The van der Waals surface area contributed by atoms with E-state index in [1.807, 2.05) is 4.57 Å². The van der Waals surface area contributed by atoms with Gasteiger partial charge in [0.25, 0.3) is 5.69 Å². The number of anilines is 1. The van der Waals surface area contributed by atoms with E-state index < -0.39 is 16.9 Å². The first-order chi connectivity index (χ1) is 14.9. The van der Waals surface area contributed by atoms with Crippen molar-refractivity contribution >= 4 is 17.6 Å². The first kappa shape index (κ1) is 22.4. The van der Waals surface area contributed by atoms with Gasteiger partial charge in [-0.15, -0.1) is 0 Å². The normalized spacial score (nSPS) is 15.6. The summed E-state index contributed by atoms with van der Waals surface area (Å²) in [5, 5.41) is 17.9. The van der Waals surface area contributed by atoms with Crippen molar-refractivity contribution in [2.24, 2.45) is 0 Å². The summed E-state index contributed by atoms with van der Waals surface area (Å²) in [6, 6.07) is 5.71. The predicted molar refractivity (Wildman–Crippen MR) is 116 cm³/mol. The summed E-state index contributed by atoms with van der Waals surface area (Å²) < 4.78 is 6.93. The van der Waals surface area contributed by atoms with E-state index in [0.29, 0.717) is 36.0 Å². The Morgan fingerprint density at radius 2 is 2.13 bits per heavy atom.